The molecule has 0 spiro atoms. The largest absolute Gasteiger partial charge is 0.347 e. The van der Waals surface area contributed by atoms with Gasteiger partial charge in [-0.25, -0.2) is 30.7 Å². The fourth-order valence-electron chi connectivity index (χ4n) is 4.44. The summed E-state index contributed by atoms with van der Waals surface area (Å²) in [4.78, 5) is 0. The Bertz CT molecular complexity index is 1430. The molecule has 36 heavy (non-hydrogen) atoms. The third kappa shape index (κ3) is 5.27. The maximum atomic E-state index is 14.2. The number of alkyl halides is 4. The van der Waals surface area contributed by atoms with Crippen molar-refractivity contribution in [2.24, 2.45) is 5.41 Å². The molecule has 4 rings (SSSR count). The number of fused-ring (bicyclic) bond motifs is 1. The molecule has 1 aromatic heterocycles. The molecule has 1 N–H and O–H groups in total. The van der Waals surface area contributed by atoms with E-state index in [0.29, 0.717) is 35.9 Å². The van der Waals surface area contributed by atoms with E-state index in [0.717, 1.165) is 0 Å². The maximum absolute atomic E-state index is 14.2. The highest BCUT2D eigenvalue weighted by molar-refractivity contribution is 7.90. The van der Waals surface area contributed by atoms with Crippen molar-refractivity contribution < 1.29 is 26.0 Å². The maximum Gasteiger partial charge on any atom is 0.264 e. The minimum atomic E-state index is -3.91. The van der Waals surface area contributed by atoms with Crippen LogP contribution in [-0.2, 0) is 16.6 Å². The summed E-state index contributed by atoms with van der Waals surface area (Å²) in [6, 6.07) is 8.93. The first-order valence-corrected chi connectivity index (χ1v) is 13.1. The summed E-state index contributed by atoms with van der Waals surface area (Å²) in [6.07, 6.45) is -3.44. The van der Waals surface area contributed by atoms with Gasteiger partial charge < -0.3 is 4.57 Å². The third-order valence-electron chi connectivity index (χ3n) is 6.14. The number of nitrogens with one attached hydrogen (secondary N) is 1. The second-order valence-corrected chi connectivity index (χ2v) is 12.4. The molecular formula is C26H27F4N3O2S. The molecule has 1 atom stereocenters. The van der Waals surface area contributed by atoms with Crippen molar-refractivity contribution in [2.45, 2.75) is 64.3 Å². The van der Waals surface area contributed by atoms with Gasteiger partial charge in [0.1, 0.15) is 6.04 Å². The van der Waals surface area contributed by atoms with Crippen molar-refractivity contribution >= 4 is 20.9 Å². The second kappa shape index (κ2) is 9.52. The molecule has 0 aliphatic heterocycles. The van der Waals surface area contributed by atoms with E-state index >= 15 is 0 Å². The van der Waals surface area contributed by atoms with Gasteiger partial charge in [0.2, 0.25) is 10.0 Å². The van der Waals surface area contributed by atoms with Crippen molar-refractivity contribution in [2.75, 3.05) is 0 Å². The topological polar surface area (TPSA) is 74.9 Å². The fourth-order valence-corrected chi connectivity index (χ4v) is 5.97. The highest BCUT2D eigenvalue weighted by Crippen LogP contribution is 2.39. The lowest BCUT2D eigenvalue weighted by Gasteiger charge is -2.20. The van der Waals surface area contributed by atoms with Crippen LogP contribution in [0.1, 0.15) is 62.8 Å². The number of hydrogen-bond acceptors (Lipinski definition) is 3. The molecule has 0 radical (unpaired) electrons. The van der Waals surface area contributed by atoms with Crippen LogP contribution in [0.2, 0.25) is 0 Å². The Morgan fingerprint density at radius 1 is 1.11 bits per heavy atom. The molecule has 1 aliphatic carbocycles. The van der Waals surface area contributed by atoms with Crippen LogP contribution in [0, 0.1) is 16.7 Å². The molecule has 1 aliphatic rings. The molecule has 0 amide bonds. The minimum absolute atomic E-state index is 0.0731. The Hall–Kier alpha value is -2.90. The molecule has 0 saturated heterocycles. The molecule has 1 fully saturated rings. The van der Waals surface area contributed by atoms with E-state index in [1.165, 1.54) is 36.5 Å². The second-order valence-electron chi connectivity index (χ2n) is 10.4. The van der Waals surface area contributed by atoms with Crippen LogP contribution >= 0.6 is 0 Å². The number of benzene rings is 2. The van der Waals surface area contributed by atoms with Gasteiger partial charge in [-0.3, -0.25) is 0 Å². The molecule has 0 bridgehead atoms. The molecule has 3 aromatic rings. The van der Waals surface area contributed by atoms with E-state index in [4.69, 9.17) is 0 Å². The number of nitrogens with zero attached hydrogens (tertiary/aromatic N) is 2. The number of rotatable bonds is 8. The van der Waals surface area contributed by atoms with Crippen LogP contribution < -0.4 is 4.72 Å². The summed E-state index contributed by atoms with van der Waals surface area (Å²) in [5.41, 5.74) is 0.536. The zero-order valence-corrected chi connectivity index (χ0v) is 20.9. The standard InChI is InChI=1S/C26H27F4N3O2S/c1-26(2,3)14-33-13-20(23(25(29)30)32-36(34,35)17-8-9-17)18-10-7-15(11-21(18)33)22-16(12-31)5-4-6-19(22)24(27)28/h4-7,10-11,13,17,23-25,32H,8-9,14H2,1-3H3/t23-/m0/s1. The predicted octanol–water partition coefficient (Wildman–Crippen LogP) is 6.55. The van der Waals surface area contributed by atoms with E-state index < -0.39 is 34.2 Å². The number of nitriles is 1. The molecule has 5 nitrogen and oxygen atoms in total. The summed E-state index contributed by atoms with van der Waals surface area (Å²) in [7, 11) is -3.91. The zero-order valence-electron chi connectivity index (χ0n) is 20.1. The van der Waals surface area contributed by atoms with Gasteiger partial charge in [-0.05, 0) is 36.0 Å². The average Bonchev–Trinajstić information content (AvgIpc) is 3.60. The molecule has 192 valence electrons. The SMILES string of the molecule is CC(C)(C)Cn1cc([C@H](NS(=O)(=O)C2CC2)C(F)F)c2ccc(-c3c(C#N)cccc3C(F)F)cc21. The lowest BCUT2D eigenvalue weighted by molar-refractivity contribution is 0.109. The Morgan fingerprint density at radius 2 is 1.81 bits per heavy atom. The van der Waals surface area contributed by atoms with Gasteiger partial charge >= 0.3 is 0 Å². The smallest absolute Gasteiger partial charge is 0.264 e. The molecule has 2 aromatic carbocycles. The molecule has 1 saturated carbocycles. The van der Waals surface area contributed by atoms with Crippen LogP contribution in [0.25, 0.3) is 22.0 Å². The Labute approximate surface area is 207 Å². The van der Waals surface area contributed by atoms with Gasteiger partial charge in [0.05, 0.1) is 16.9 Å². The number of sulfonamides is 1. The Kier molecular flexibility index (Phi) is 6.92. The summed E-state index contributed by atoms with van der Waals surface area (Å²) in [5, 5.41) is 9.28. The minimum Gasteiger partial charge on any atom is -0.347 e. The van der Waals surface area contributed by atoms with Crippen LogP contribution in [0.3, 0.4) is 0 Å². The van der Waals surface area contributed by atoms with Crippen LogP contribution in [0.15, 0.2) is 42.6 Å². The highest BCUT2D eigenvalue weighted by atomic mass is 32.2. The van der Waals surface area contributed by atoms with E-state index in [-0.39, 0.29) is 27.7 Å². The van der Waals surface area contributed by atoms with Crippen molar-refractivity contribution in [3.63, 3.8) is 0 Å². The van der Waals surface area contributed by atoms with E-state index in [1.807, 2.05) is 26.8 Å². The first-order chi connectivity index (χ1) is 16.8. The molecular weight excluding hydrogens is 494 g/mol. The molecule has 1 heterocycles. The van der Waals surface area contributed by atoms with Gasteiger partial charge in [0.15, 0.2) is 0 Å². The normalized spacial score (nSPS) is 15.6. The van der Waals surface area contributed by atoms with E-state index in [2.05, 4.69) is 4.72 Å². The van der Waals surface area contributed by atoms with Gasteiger partial charge in [-0.15, -0.1) is 0 Å². The summed E-state index contributed by atoms with van der Waals surface area (Å²) >= 11 is 0. The van der Waals surface area contributed by atoms with Crippen LogP contribution in [0.5, 0.6) is 0 Å². The summed E-state index contributed by atoms with van der Waals surface area (Å²) in [6.45, 7) is 6.29. The molecule has 0 unspecified atom stereocenters. The van der Waals surface area contributed by atoms with Crippen molar-refractivity contribution in [1.29, 1.82) is 5.26 Å². The van der Waals surface area contributed by atoms with Gasteiger partial charge in [-0.2, -0.15) is 5.26 Å². The van der Waals surface area contributed by atoms with Crippen molar-refractivity contribution in [3.8, 4) is 17.2 Å². The number of aromatic nitrogens is 1. The van der Waals surface area contributed by atoms with Crippen LogP contribution in [0.4, 0.5) is 17.6 Å². The van der Waals surface area contributed by atoms with E-state index in [1.54, 1.807) is 10.6 Å². The Balaban J connectivity index is 1.92. The lowest BCUT2D eigenvalue weighted by Crippen LogP contribution is -2.35. The highest BCUT2D eigenvalue weighted by Gasteiger charge is 2.40. The fraction of sp³-hybridized carbons (Fsp3) is 0.423. The number of halogens is 4. The first-order valence-electron chi connectivity index (χ1n) is 11.6. The van der Waals surface area contributed by atoms with Gasteiger partial charge in [0.25, 0.3) is 12.9 Å². The monoisotopic (exact) mass is 521 g/mol. The lowest BCUT2D eigenvalue weighted by atomic mass is 9.93. The quantitative estimate of drug-likeness (QED) is 0.342. The summed E-state index contributed by atoms with van der Waals surface area (Å²) in [5.74, 6) is 0. The van der Waals surface area contributed by atoms with Crippen LogP contribution in [-0.4, -0.2) is 24.7 Å². The third-order valence-corrected chi connectivity index (χ3v) is 8.07. The molecule has 10 heteroatoms. The van der Waals surface area contributed by atoms with Crippen molar-refractivity contribution in [1.82, 2.24) is 9.29 Å². The summed E-state index contributed by atoms with van der Waals surface area (Å²) < 4.78 is 85.0. The average molecular weight is 522 g/mol. The van der Waals surface area contributed by atoms with Gasteiger partial charge in [0, 0.05) is 40.3 Å². The zero-order chi connectivity index (χ0) is 26.4. The van der Waals surface area contributed by atoms with E-state index in [9.17, 15) is 31.2 Å². The first kappa shape index (κ1) is 26.2. The predicted molar refractivity (Wildman–Crippen MR) is 130 cm³/mol. The van der Waals surface area contributed by atoms with Gasteiger partial charge in [-0.1, -0.05) is 45.0 Å². The number of hydrogen-bond donors (Lipinski definition) is 1. The van der Waals surface area contributed by atoms with Crippen molar-refractivity contribution in [3.05, 3.63) is 59.3 Å². The Morgan fingerprint density at radius 3 is 2.36 bits per heavy atom.